The van der Waals surface area contributed by atoms with Gasteiger partial charge in [0.15, 0.2) is 0 Å². The van der Waals surface area contributed by atoms with Crippen LogP contribution >= 0.6 is 11.6 Å². The predicted molar refractivity (Wildman–Crippen MR) is 142 cm³/mol. The average molecular weight is 522 g/mol. The number of hydrogen-bond acceptors (Lipinski definition) is 4. The Kier molecular flexibility index (Phi) is 11.0. The number of aryl methyl sites for hydroxylation is 1. The van der Waals surface area contributed by atoms with E-state index in [1.165, 1.54) is 4.31 Å². The highest BCUT2D eigenvalue weighted by molar-refractivity contribution is 7.92. The van der Waals surface area contributed by atoms with E-state index in [1.807, 2.05) is 38.1 Å². The second kappa shape index (κ2) is 13.5. The van der Waals surface area contributed by atoms with Gasteiger partial charge < -0.3 is 10.2 Å². The number of carbonyl (C=O) groups excluding carboxylic acids is 2. The summed E-state index contributed by atoms with van der Waals surface area (Å²) in [5.74, 6) is -0.397. The molecule has 7 nitrogen and oxygen atoms in total. The summed E-state index contributed by atoms with van der Waals surface area (Å²) >= 11 is 5.93. The lowest BCUT2D eigenvalue weighted by Gasteiger charge is -2.29. The van der Waals surface area contributed by atoms with E-state index in [0.717, 1.165) is 30.2 Å². The fourth-order valence-corrected chi connectivity index (χ4v) is 4.71. The van der Waals surface area contributed by atoms with Crippen LogP contribution in [-0.2, 0) is 26.2 Å². The maximum atomic E-state index is 13.3. The summed E-state index contributed by atoms with van der Waals surface area (Å²) in [5.41, 5.74) is 2.53. The Balaban J connectivity index is 2.12. The number of unbranched alkanes of at least 4 members (excludes halogenated alkanes) is 1. The van der Waals surface area contributed by atoms with Crippen LogP contribution in [0.5, 0.6) is 0 Å². The van der Waals surface area contributed by atoms with Crippen LogP contribution in [0, 0.1) is 6.92 Å². The predicted octanol–water partition coefficient (Wildman–Crippen LogP) is 4.53. The molecule has 1 atom stereocenters. The first-order chi connectivity index (χ1) is 16.5. The first-order valence-electron chi connectivity index (χ1n) is 11.9. The van der Waals surface area contributed by atoms with Gasteiger partial charge in [0, 0.05) is 31.1 Å². The number of carbonyl (C=O) groups is 2. The monoisotopic (exact) mass is 521 g/mol. The summed E-state index contributed by atoms with van der Waals surface area (Å²) in [6.07, 6.45) is 3.39. The van der Waals surface area contributed by atoms with Crippen molar-refractivity contribution < 1.29 is 18.0 Å². The fraction of sp³-hybridized carbons (Fsp3) is 0.462. The molecule has 0 heterocycles. The molecular weight excluding hydrogens is 486 g/mol. The molecule has 0 saturated carbocycles. The van der Waals surface area contributed by atoms with Crippen LogP contribution in [0.15, 0.2) is 48.5 Å². The maximum absolute atomic E-state index is 13.3. The highest BCUT2D eigenvalue weighted by Crippen LogP contribution is 2.21. The number of benzene rings is 2. The molecule has 0 aromatic heterocycles. The molecule has 2 aromatic carbocycles. The fourth-order valence-electron chi connectivity index (χ4n) is 3.62. The number of amides is 2. The van der Waals surface area contributed by atoms with E-state index in [9.17, 15) is 18.0 Å². The van der Waals surface area contributed by atoms with E-state index < -0.39 is 16.1 Å². The van der Waals surface area contributed by atoms with Gasteiger partial charge in [0.25, 0.3) is 0 Å². The third kappa shape index (κ3) is 9.18. The Hall–Kier alpha value is -2.58. The lowest BCUT2D eigenvalue weighted by molar-refractivity contribution is -0.140. The molecule has 0 unspecified atom stereocenters. The van der Waals surface area contributed by atoms with Crippen LogP contribution in [-0.4, -0.2) is 50.5 Å². The molecule has 0 bridgehead atoms. The van der Waals surface area contributed by atoms with Crippen LogP contribution in [0.1, 0.15) is 50.7 Å². The highest BCUT2D eigenvalue weighted by atomic mass is 35.5. The van der Waals surface area contributed by atoms with Gasteiger partial charge in [0.1, 0.15) is 6.04 Å². The Bertz CT molecular complexity index is 1070. The molecule has 0 saturated heterocycles. The third-order valence-corrected chi connectivity index (χ3v) is 7.18. The van der Waals surface area contributed by atoms with Gasteiger partial charge in [-0.1, -0.05) is 54.8 Å². The number of halogens is 1. The number of nitrogens with one attached hydrogen (secondary N) is 1. The van der Waals surface area contributed by atoms with Gasteiger partial charge in [0.2, 0.25) is 21.8 Å². The van der Waals surface area contributed by atoms with Gasteiger partial charge in [-0.25, -0.2) is 8.42 Å². The summed E-state index contributed by atoms with van der Waals surface area (Å²) in [7, 11) is -3.54. The molecule has 0 radical (unpaired) electrons. The van der Waals surface area contributed by atoms with Gasteiger partial charge in [-0.2, -0.15) is 0 Å². The van der Waals surface area contributed by atoms with Crippen LogP contribution < -0.4 is 9.62 Å². The maximum Gasteiger partial charge on any atom is 0.242 e. The van der Waals surface area contributed by atoms with Gasteiger partial charge in [0.05, 0.1) is 11.9 Å². The molecule has 0 aliphatic rings. The second-order valence-electron chi connectivity index (χ2n) is 8.74. The van der Waals surface area contributed by atoms with Crippen LogP contribution in [0.3, 0.4) is 0 Å². The minimum atomic E-state index is -3.54. The highest BCUT2D eigenvalue weighted by Gasteiger charge is 2.26. The summed E-state index contributed by atoms with van der Waals surface area (Å²) in [6, 6.07) is 13.7. The molecule has 2 rings (SSSR count). The SMILES string of the molecule is CCCCNC(=O)[C@H](C)N(Cc1ccc(C)cc1)C(=O)CCCN(c1ccc(Cl)cc1)S(C)(=O)=O. The zero-order chi connectivity index (χ0) is 26.0. The first kappa shape index (κ1) is 28.7. The Morgan fingerprint density at radius 1 is 1.03 bits per heavy atom. The quantitative estimate of drug-likeness (QED) is 0.392. The standard InChI is InChI=1S/C26H36ClN3O4S/c1-5-6-17-28-26(32)21(3)29(19-22-11-9-20(2)10-12-22)25(31)8-7-18-30(35(4,33)34)24-15-13-23(27)14-16-24/h9-16,21H,5-8,17-19H2,1-4H3,(H,28,32)/t21-/m0/s1. The molecule has 2 amide bonds. The molecule has 2 aromatic rings. The van der Waals surface area contributed by atoms with E-state index in [2.05, 4.69) is 5.32 Å². The molecule has 0 aliphatic carbocycles. The van der Waals surface area contributed by atoms with E-state index in [0.29, 0.717) is 30.2 Å². The number of hydrogen-bond donors (Lipinski definition) is 1. The molecule has 9 heteroatoms. The lowest BCUT2D eigenvalue weighted by Crippen LogP contribution is -2.48. The second-order valence-corrected chi connectivity index (χ2v) is 11.1. The van der Waals surface area contributed by atoms with Gasteiger partial charge in [-0.15, -0.1) is 0 Å². The van der Waals surface area contributed by atoms with E-state index in [1.54, 1.807) is 36.1 Å². The number of sulfonamides is 1. The Labute approximate surface area is 214 Å². The van der Waals surface area contributed by atoms with Crippen molar-refractivity contribution in [1.82, 2.24) is 10.2 Å². The number of anilines is 1. The minimum absolute atomic E-state index is 0.109. The smallest absolute Gasteiger partial charge is 0.242 e. The van der Waals surface area contributed by atoms with Gasteiger partial charge >= 0.3 is 0 Å². The van der Waals surface area contributed by atoms with Crippen molar-refractivity contribution in [3.05, 3.63) is 64.7 Å². The number of rotatable bonds is 13. The molecular formula is C26H36ClN3O4S. The summed E-state index contributed by atoms with van der Waals surface area (Å²) in [5, 5.41) is 3.41. The van der Waals surface area contributed by atoms with Crippen molar-refractivity contribution in [2.24, 2.45) is 0 Å². The average Bonchev–Trinajstić information content (AvgIpc) is 2.81. The first-order valence-corrected chi connectivity index (χ1v) is 14.1. The van der Waals surface area contributed by atoms with Crippen LogP contribution in [0.25, 0.3) is 0 Å². The molecule has 0 spiro atoms. The van der Waals surface area contributed by atoms with E-state index >= 15 is 0 Å². The van der Waals surface area contributed by atoms with Crippen molar-refractivity contribution in [3.63, 3.8) is 0 Å². The largest absolute Gasteiger partial charge is 0.354 e. The summed E-state index contributed by atoms with van der Waals surface area (Å²) in [4.78, 5) is 27.6. The zero-order valence-electron chi connectivity index (χ0n) is 21.0. The third-order valence-electron chi connectivity index (χ3n) is 5.74. The Morgan fingerprint density at radius 3 is 2.23 bits per heavy atom. The normalized spacial score (nSPS) is 12.1. The summed E-state index contributed by atoms with van der Waals surface area (Å²) in [6.45, 7) is 6.77. The van der Waals surface area contributed by atoms with Crippen molar-refractivity contribution in [1.29, 1.82) is 0 Å². The van der Waals surface area contributed by atoms with Crippen molar-refractivity contribution in [2.75, 3.05) is 23.7 Å². The molecule has 1 N–H and O–H groups in total. The van der Waals surface area contributed by atoms with Crippen molar-refractivity contribution in [3.8, 4) is 0 Å². The topological polar surface area (TPSA) is 86.8 Å². The van der Waals surface area contributed by atoms with Crippen molar-refractivity contribution in [2.45, 2.75) is 59.0 Å². The molecule has 0 fully saturated rings. The van der Waals surface area contributed by atoms with Crippen molar-refractivity contribution >= 4 is 39.1 Å². The van der Waals surface area contributed by atoms with Gasteiger partial charge in [-0.05, 0) is 56.5 Å². The van der Waals surface area contributed by atoms with E-state index in [-0.39, 0.29) is 24.8 Å². The molecule has 192 valence electrons. The van der Waals surface area contributed by atoms with E-state index in [4.69, 9.17) is 11.6 Å². The number of nitrogens with zero attached hydrogens (tertiary/aromatic N) is 2. The van der Waals surface area contributed by atoms with Crippen LogP contribution in [0.4, 0.5) is 5.69 Å². The molecule has 35 heavy (non-hydrogen) atoms. The molecule has 0 aliphatic heterocycles. The summed E-state index contributed by atoms with van der Waals surface area (Å²) < 4.78 is 26.0. The Morgan fingerprint density at radius 2 is 1.66 bits per heavy atom. The van der Waals surface area contributed by atoms with Gasteiger partial charge in [-0.3, -0.25) is 13.9 Å². The minimum Gasteiger partial charge on any atom is -0.354 e. The van der Waals surface area contributed by atoms with Crippen LogP contribution in [0.2, 0.25) is 5.02 Å². The lowest BCUT2D eigenvalue weighted by atomic mass is 10.1. The zero-order valence-corrected chi connectivity index (χ0v) is 22.5.